The fourth-order valence-corrected chi connectivity index (χ4v) is 3.30. The molecule has 0 aliphatic heterocycles. The van der Waals surface area contributed by atoms with Crippen LogP contribution in [-0.4, -0.2) is 21.3 Å². The Morgan fingerprint density at radius 2 is 1.93 bits per heavy atom. The second-order valence-corrected chi connectivity index (χ2v) is 6.53. The molecule has 0 saturated carbocycles. The van der Waals surface area contributed by atoms with Gasteiger partial charge in [-0.05, 0) is 45.0 Å². The summed E-state index contributed by atoms with van der Waals surface area (Å²) in [5.41, 5.74) is 2.93. The lowest BCUT2D eigenvalue weighted by molar-refractivity contribution is 0.341. The van der Waals surface area contributed by atoms with Gasteiger partial charge in [0.2, 0.25) is 11.3 Å². The number of benzene rings is 2. The third-order valence-electron chi connectivity index (χ3n) is 4.66. The normalized spacial score (nSPS) is 11.1. The van der Waals surface area contributed by atoms with Crippen LogP contribution in [0.15, 0.2) is 58.0 Å². The number of fused-ring (bicyclic) bond motifs is 1. The van der Waals surface area contributed by atoms with E-state index in [9.17, 15) is 4.79 Å². The van der Waals surface area contributed by atoms with Crippen LogP contribution in [0.3, 0.4) is 0 Å². The van der Waals surface area contributed by atoms with Crippen LogP contribution in [0.1, 0.15) is 19.4 Å². The van der Waals surface area contributed by atoms with E-state index in [4.69, 9.17) is 9.26 Å². The molecule has 28 heavy (non-hydrogen) atoms. The van der Waals surface area contributed by atoms with Gasteiger partial charge < -0.3 is 13.8 Å². The van der Waals surface area contributed by atoms with E-state index in [1.807, 2.05) is 67.8 Å². The molecule has 0 aliphatic rings. The van der Waals surface area contributed by atoms with Gasteiger partial charge in [0.05, 0.1) is 17.7 Å². The number of ether oxygens (including phenoxy) is 1. The van der Waals surface area contributed by atoms with Crippen LogP contribution in [0.2, 0.25) is 0 Å². The minimum atomic E-state index is -0.114. The minimum absolute atomic E-state index is 0.114. The number of hydrogen-bond donors (Lipinski definition) is 0. The lowest BCUT2D eigenvalue weighted by Crippen LogP contribution is -2.12. The molecule has 4 aromatic rings. The summed E-state index contributed by atoms with van der Waals surface area (Å²) in [6, 6.07) is 13.4. The molecule has 142 valence electrons. The first kappa shape index (κ1) is 18.0. The molecular formula is C22H21N3O3. The highest BCUT2D eigenvalue weighted by molar-refractivity contribution is 5.83. The molecule has 2 aromatic carbocycles. The average Bonchev–Trinajstić information content (AvgIpc) is 3.19. The SMILES string of the molecule is CCOc1ccccc1-c1noc(-c2cn(CC)c3ccc(C)cc3c2=O)n1. The predicted molar refractivity (Wildman–Crippen MR) is 109 cm³/mol. The summed E-state index contributed by atoms with van der Waals surface area (Å²) in [4.78, 5) is 17.6. The summed E-state index contributed by atoms with van der Waals surface area (Å²) in [5.74, 6) is 1.28. The van der Waals surface area contributed by atoms with Crippen LogP contribution in [0, 0.1) is 6.92 Å². The first-order chi connectivity index (χ1) is 13.6. The summed E-state index contributed by atoms with van der Waals surface area (Å²) in [6.45, 7) is 7.18. The molecule has 0 fully saturated rings. The lowest BCUT2D eigenvalue weighted by Gasteiger charge is -2.10. The summed E-state index contributed by atoms with van der Waals surface area (Å²) in [5, 5.41) is 4.73. The van der Waals surface area contributed by atoms with Crippen LogP contribution in [-0.2, 0) is 6.54 Å². The number of pyridine rings is 1. The minimum Gasteiger partial charge on any atom is -0.493 e. The zero-order valence-electron chi connectivity index (χ0n) is 16.1. The van der Waals surface area contributed by atoms with E-state index in [1.54, 1.807) is 6.20 Å². The Labute approximate surface area is 162 Å². The third kappa shape index (κ3) is 3.07. The van der Waals surface area contributed by atoms with Crippen molar-refractivity contribution in [2.75, 3.05) is 6.61 Å². The highest BCUT2D eigenvalue weighted by Gasteiger charge is 2.18. The Kier molecular flexibility index (Phi) is 4.69. The van der Waals surface area contributed by atoms with Crippen LogP contribution in [0.5, 0.6) is 5.75 Å². The van der Waals surface area contributed by atoms with Crippen LogP contribution in [0.4, 0.5) is 0 Å². The Morgan fingerprint density at radius 1 is 1.11 bits per heavy atom. The molecule has 0 atom stereocenters. The van der Waals surface area contributed by atoms with E-state index >= 15 is 0 Å². The van der Waals surface area contributed by atoms with Crippen molar-refractivity contribution in [1.29, 1.82) is 0 Å². The molecule has 6 nitrogen and oxygen atoms in total. The van der Waals surface area contributed by atoms with E-state index in [-0.39, 0.29) is 11.3 Å². The van der Waals surface area contributed by atoms with Crippen molar-refractivity contribution in [3.05, 3.63) is 64.4 Å². The second kappa shape index (κ2) is 7.31. The Morgan fingerprint density at radius 3 is 2.71 bits per heavy atom. The highest BCUT2D eigenvalue weighted by atomic mass is 16.5. The molecule has 0 bridgehead atoms. The molecular weight excluding hydrogens is 354 g/mol. The van der Waals surface area contributed by atoms with E-state index in [0.29, 0.717) is 29.1 Å². The van der Waals surface area contributed by atoms with Crippen molar-refractivity contribution < 1.29 is 9.26 Å². The Bertz CT molecular complexity index is 1210. The molecule has 0 spiro atoms. The summed E-state index contributed by atoms with van der Waals surface area (Å²) >= 11 is 0. The van der Waals surface area contributed by atoms with Gasteiger partial charge in [0.1, 0.15) is 11.3 Å². The first-order valence-corrected chi connectivity index (χ1v) is 9.32. The maximum Gasteiger partial charge on any atom is 0.263 e. The molecule has 0 unspecified atom stereocenters. The van der Waals surface area contributed by atoms with Gasteiger partial charge in [-0.1, -0.05) is 28.9 Å². The summed E-state index contributed by atoms with van der Waals surface area (Å²) < 4.78 is 13.1. The standard InChI is InChI=1S/C22H21N3O3/c1-4-25-13-17(20(26)16-12-14(3)10-11-18(16)25)22-23-21(24-28-22)15-8-6-7-9-19(15)27-5-2/h6-13H,4-5H2,1-3H3. The molecule has 2 aromatic heterocycles. The summed E-state index contributed by atoms with van der Waals surface area (Å²) in [7, 11) is 0. The van der Waals surface area contributed by atoms with E-state index in [2.05, 4.69) is 10.1 Å². The first-order valence-electron chi connectivity index (χ1n) is 9.32. The highest BCUT2D eigenvalue weighted by Crippen LogP contribution is 2.29. The maximum absolute atomic E-state index is 13.1. The Hall–Kier alpha value is -3.41. The molecule has 0 aliphatic carbocycles. The third-order valence-corrected chi connectivity index (χ3v) is 4.66. The lowest BCUT2D eigenvalue weighted by atomic mass is 10.1. The van der Waals surface area contributed by atoms with Gasteiger partial charge in [0.25, 0.3) is 5.89 Å². The Balaban J connectivity index is 1.87. The topological polar surface area (TPSA) is 70.2 Å². The molecule has 0 saturated heterocycles. The number of aryl methyl sites for hydroxylation is 2. The molecule has 0 radical (unpaired) electrons. The molecule has 0 amide bonds. The van der Waals surface area contributed by atoms with Gasteiger partial charge in [-0.3, -0.25) is 4.79 Å². The van der Waals surface area contributed by atoms with Crippen molar-refractivity contribution in [3.8, 4) is 28.6 Å². The zero-order chi connectivity index (χ0) is 19.7. The number of rotatable bonds is 5. The smallest absolute Gasteiger partial charge is 0.263 e. The summed E-state index contributed by atoms with van der Waals surface area (Å²) in [6.07, 6.45) is 1.78. The largest absolute Gasteiger partial charge is 0.493 e. The number of aromatic nitrogens is 3. The van der Waals surface area contributed by atoms with Gasteiger partial charge in [-0.15, -0.1) is 0 Å². The van der Waals surface area contributed by atoms with Gasteiger partial charge in [-0.25, -0.2) is 0 Å². The van der Waals surface area contributed by atoms with Crippen molar-refractivity contribution >= 4 is 10.9 Å². The van der Waals surface area contributed by atoms with Gasteiger partial charge in [-0.2, -0.15) is 4.98 Å². The van der Waals surface area contributed by atoms with Crippen molar-refractivity contribution in [3.63, 3.8) is 0 Å². The predicted octanol–water partition coefficient (Wildman–Crippen LogP) is 4.45. The zero-order valence-corrected chi connectivity index (χ0v) is 16.1. The van der Waals surface area contributed by atoms with Gasteiger partial charge >= 0.3 is 0 Å². The molecule has 6 heteroatoms. The van der Waals surface area contributed by atoms with Crippen molar-refractivity contribution in [2.45, 2.75) is 27.3 Å². The van der Waals surface area contributed by atoms with Crippen molar-refractivity contribution in [2.24, 2.45) is 0 Å². The second-order valence-electron chi connectivity index (χ2n) is 6.53. The van der Waals surface area contributed by atoms with E-state index in [0.717, 1.165) is 23.2 Å². The quantitative estimate of drug-likeness (QED) is 0.515. The van der Waals surface area contributed by atoms with Gasteiger partial charge in [0.15, 0.2) is 0 Å². The fraction of sp³-hybridized carbons (Fsp3) is 0.227. The van der Waals surface area contributed by atoms with Crippen LogP contribution < -0.4 is 10.2 Å². The molecule has 0 N–H and O–H groups in total. The van der Waals surface area contributed by atoms with Gasteiger partial charge in [0, 0.05) is 18.1 Å². The average molecular weight is 375 g/mol. The number of nitrogens with zero attached hydrogens (tertiary/aromatic N) is 3. The maximum atomic E-state index is 13.1. The molecule has 4 rings (SSSR count). The van der Waals surface area contributed by atoms with Crippen LogP contribution >= 0.6 is 0 Å². The van der Waals surface area contributed by atoms with Crippen molar-refractivity contribution in [1.82, 2.24) is 14.7 Å². The number of para-hydroxylation sites is 1. The fourth-order valence-electron chi connectivity index (χ4n) is 3.30. The van der Waals surface area contributed by atoms with E-state index in [1.165, 1.54) is 0 Å². The number of hydrogen-bond acceptors (Lipinski definition) is 5. The van der Waals surface area contributed by atoms with Crippen LogP contribution in [0.25, 0.3) is 33.7 Å². The van der Waals surface area contributed by atoms with E-state index < -0.39 is 0 Å². The monoisotopic (exact) mass is 375 g/mol. The molecule has 2 heterocycles.